The minimum atomic E-state index is 0.0602. The molecule has 0 saturated heterocycles. The number of rotatable bonds is 2. The molecule has 0 aliphatic rings. The Labute approximate surface area is 99.9 Å². The Bertz CT molecular complexity index is 498. The third kappa shape index (κ3) is 2.50. The minimum Gasteiger partial charge on any atom is -0.504 e. The molecule has 0 atom stereocenters. The standard InChI is InChI=1S/C14H14O3/c1-9-3-5-13(11(15)7-9)17-14-6-4-10(2)8-12(14)16/h3-8,15-16H,1-2H3. The summed E-state index contributed by atoms with van der Waals surface area (Å²) in [6, 6.07) is 10.2. The Morgan fingerprint density at radius 2 is 1.18 bits per heavy atom. The number of aryl methyl sites for hydroxylation is 2. The summed E-state index contributed by atoms with van der Waals surface area (Å²) in [5.41, 5.74) is 1.89. The van der Waals surface area contributed by atoms with Gasteiger partial charge in [-0.2, -0.15) is 0 Å². The summed E-state index contributed by atoms with van der Waals surface area (Å²) in [7, 11) is 0. The molecule has 2 aromatic rings. The zero-order valence-corrected chi connectivity index (χ0v) is 9.77. The quantitative estimate of drug-likeness (QED) is 0.830. The second-order valence-electron chi connectivity index (χ2n) is 4.04. The predicted octanol–water partition coefficient (Wildman–Crippen LogP) is 3.51. The Morgan fingerprint density at radius 1 is 0.765 bits per heavy atom. The van der Waals surface area contributed by atoms with Crippen molar-refractivity contribution in [2.75, 3.05) is 0 Å². The molecular weight excluding hydrogens is 216 g/mol. The first-order valence-corrected chi connectivity index (χ1v) is 5.33. The molecule has 2 aromatic carbocycles. The van der Waals surface area contributed by atoms with E-state index in [1.807, 2.05) is 26.0 Å². The van der Waals surface area contributed by atoms with Crippen molar-refractivity contribution in [2.24, 2.45) is 0 Å². The summed E-state index contributed by atoms with van der Waals surface area (Å²) in [5, 5.41) is 19.4. The van der Waals surface area contributed by atoms with Gasteiger partial charge in [0, 0.05) is 0 Å². The fourth-order valence-corrected chi connectivity index (χ4v) is 1.55. The van der Waals surface area contributed by atoms with E-state index in [4.69, 9.17) is 4.74 Å². The molecule has 3 heteroatoms. The summed E-state index contributed by atoms with van der Waals surface area (Å²) in [6.45, 7) is 3.76. The Kier molecular flexibility index (Phi) is 2.91. The first-order valence-electron chi connectivity index (χ1n) is 5.33. The van der Waals surface area contributed by atoms with Crippen LogP contribution >= 0.6 is 0 Å². The van der Waals surface area contributed by atoms with E-state index in [0.717, 1.165) is 11.1 Å². The maximum Gasteiger partial charge on any atom is 0.169 e. The third-order valence-corrected chi connectivity index (χ3v) is 2.45. The Hall–Kier alpha value is -2.16. The van der Waals surface area contributed by atoms with Crippen LogP contribution in [0.2, 0.25) is 0 Å². The van der Waals surface area contributed by atoms with Crippen LogP contribution < -0.4 is 4.74 Å². The molecule has 0 aromatic heterocycles. The number of benzene rings is 2. The first-order chi connectivity index (χ1) is 8.06. The van der Waals surface area contributed by atoms with Gasteiger partial charge in [-0.1, -0.05) is 12.1 Å². The van der Waals surface area contributed by atoms with E-state index in [9.17, 15) is 10.2 Å². The van der Waals surface area contributed by atoms with Crippen molar-refractivity contribution in [3.63, 3.8) is 0 Å². The van der Waals surface area contributed by atoms with Gasteiger partial charge in [-0.15, -0.1) is 0 Å². The monoisotopic (exact) mass is 230 g/mol. The molecular formula is C14H14O3. The van der Waals surface area contributed by atoms with E-state index in [1.54, 1.807) is 24.3 Å². The van der Waals surface area contributed by atoms with Gasteiger partial charge in [0.1, 0.15) is 0 Å². The van der Waals surface area contributed by atoms with Gasteiger partial charge >= 0.3 is 0 Å². The van der Waals surface area contributed by atoms with Crippen LogP contribution in [0.15, 0.2) is 36.4 Å². The molecule has 0 bridgehead atoms. The van der Waals surface area contributed by atoms with Gasteiger partial charge in [-0.25, -0.2) is 0 Å². The summed E-state index contributed by atoms with van der Waals surface area (Å²) >= 11 is 0. The SMILES string of the molecule is Cc1ccc(Oc2ccc(C)cc2O)c(O)c1. The molecule has 0 saturated carbocycles. The van der Waals surface area contributed by atoms with Crippen LogP contribution in [-0.2, 0) is 0 Å². The third-order valence-electron chi connectivity index (χ3n) is 2.45. The average molecular weight is 230 g/mol. The lowest BCUT2D eigenvalue weighted by Crippen LogP contribution is -1.86. The van der Waals surface area contributed by atoms with Crippen molar-refractivity contribution in [2.45, 2.75) is 13.8 Å². The van der Waals surface area contributed by atoms with Crippen LogP contribution in [0.25, 0.3) is 0 Å². The van der Waals surface area contributed by atoms with Gasteiger partial charge < -0.3 is 14.9 Å². The van der Waals surface area contributed by atoms with Crippen LogP contribution in [0.4, 0.5) is 0 Å². The second kappa shape index (κ2) is 4.37. The number of ether oxygens (including phenoxy) is 1. The van der Waals surface area contributed by atoms with Gasteiger partial charge in [-0.3, -0.25) is 0 Å². The Balaban J connectivity index is 2.31. The van der Waals surface area contributed by atoms with Crippen LogP contribution in [0.1, 0.15) is 11.1 Å². The number of hydrogen-bond donors (Lipinski definition) is 2. The molecule has 0 radical (unpaired) electrons. The van der Waals surface area contributed by atoms with Gasteiger partial charge in [0.25, 0.3) is 0 Å². The van der Waals surface area contributed by atoms with E-state index in [1.165, 1.54) is 0 Å². The topological polar surface area (TPSA) is 49.7 Å². The van der Waals surface area contributed by atoms with Crippen LogP contribution in [0.3, 0.4) is 0 Å². The van der Waals surface area contributed by atoms with E-state index in [0.29, 0.717) is 11.5 Å². The molecule has 0 unspecified atom stereocenters. The highest BCUT2D eigenvalue weighted by atomic mass is 16.5. The van der Waals surface area contributed by atoms with Crippen molar-refractivity contribution in [3.8, 4) is 23.0 Å². The van der Waals surface area contributed by atoms with Gasteiger partial charge in [0.15, 0.2) is 23.0 Å². The number of hydrogen-bond acceptors (Lipinski definition) is 3. The largest absolute Gasteiger partial charge is 0.504 e. The van der Waals surface area contributed by atoms with Crippen molar-refractivity contribution >= 4 is 0 Å². The molecule has 0 spiro atoms. The van der Waals surface area contributed by atoms with E-state index < -0.39 is 0 Å². The van der Waals surface area contributed by atoms with Gasteiger partial charge in [0.2, 0.25) is 0 Å². The number of phenolic OH excluding ortho intramolecular Hbond substituents is 2. The molecule has 0 aliphatic heterocycles. The smallest absolute Gasteiger partial charge is 0.169 e. The highest BCUT2D eigenvalue weighted by Crippen LogP contribution is 2.35. The van der Waals surface area contributed by atoms with Crippen molar-refractivity contribution in [1.82, 2.24) is 0 Å². The van der Waals surface area contributed by atoms with Gasteiger partial charge in [0.05, 0.1) is 0 Å². The first kappa shape index (κ1) is 11.3. The molecule has 17 heavy (non-hydrogen) atoms. The average Bonchev–Trinajstić information content (AvgIpc) is 2.25. The van der Waals surface area contributed by atoms with Crippen molar-refractivity contribution in [3.05, 3.63) is 47.5 Å². The molecule has 3 nitrogen and oxygen atoms in total. The van der Waals surface area contributed by atoms with Crippen molar-refractivity contribution < 1.29 is 14.9 Å². The van der Waals surface area contributed by atoms with Crippen LogP contribution in [-0.4, -0.2) is 10.2 Å². The van der Waals surface area contributed by atoms with E-state index >= 15 is 0 Å². The molecule has 2 rings (SSSR count). The maximum atomic E-state index is 9.69. The predicted molar refractivity (Wildman–Crippen MR) is 65.8 cm³/mol. The molecule has 0 amide bonds. The Morgan fingerprint density at radius 3 is 1.53 bits per heavy atom. The number of phenols is 2. The lowest BCUT2D eigenvalue weighted by Gasteiger charge is -2.09. The minimum absolute atomic E-state index is 0.0602. The normalized spacial score (nSPS) is 10.2. The molecule has 0 aliphatic carbocycles. The van der Waals surface area contributed by atoms with E-state index in [2.05, 4.69) is 0 Å². The molecule has 2 N–H and O–H groups in total. The summed E-state index contributed by atoms with van der Waals surface area (Å²) in [4.78, 5) is 0. The van der Waals surface area contributed by atoms with Crippen molar-refractivity contribution in [1.29, 1.82) is 0 Å². The highest BCUT2D eigenvalue weighted by molar-refractivity contribution is 5.48. The summed E-state index contributed by atoms with van der Waals surface area (Å²) in [5.74, 6) is 0.777. The van der Waals surface area contributed by atoms with Crippen LogP contribution in [0.5, 0.6) is 23.0 Å². The zero-order valence-electron chi connectivity index (χ0n) is 9.77. The maximum absolute atomic E-state index is 9.69. The summed E-state index contributed by atoms with van der Waals surface area (Å²) in [6.07, 6.45) is 0. The molecule has 0 fully saturated rings. The zero-order chi connectivity index (χ0) is 12.4. The lowest BCUT2D eigenvalue weighted by molar-refractivity contribution is 0.385. The highest BCUT2D eigenvalue weighted by Gasteiger charge is 2.07. The number of aromatic hydroxyl groups is 2. The van der Waals surface area contributed by atoms with E-state index in [-0.39, 0.29) is 11.5 Å². The second-order valence-corrected chi connectivity index (χ2v) is 4.04. The molecule has 88 valence electrons. The fraction of sp³-hybridized carbons (Fsp3) is 0.143. The lowest BCUT2D eigenvalue weighted by atomic mass is 10.2. The fourth-order valence-electron chi connectivity index (χ4n) is 1.55. The van der Waals surface area contributed by atoms with Crippen LogP contribution in [0, 0.1) is 13.8 Å². The molecule has 0 heterocycles. The van der Waals surface area contributed by atoms with Gasteiger partial charge in [-0.05, 0) is 49.2 Å². The summed E-state index contributed by atoms with van der Waals surface area (Å²) < 4.78 is 5.45.